The number of amides is 2. The fourth-order valence-corrected chi connectivity index (χ4v) is 2.58. The van der Waals surface area contributed by atoms with Gasteiger partial charge in [-0.2, -0.15) is 8.42 Å². The third-order valence-corrected chi connectivity index (χ3v) is 5.18. The SMILES string of the molecule is CC(C)NC(=O)N(CCN(C)C)Cc1ccc(OS(=O)(=O)C(C)C)cc1. The van der Waals surface area contributed by atoms with Crippen molar-refractivity contribution in [1.29, 1.82) is 0 Å². The number of hydrogen-bond donors (Lipinski definition) is 1. The Morgan fingerprint density at radius 1 is 1.08 bits per heavy atom. The zero-order valence-corrected chi connectivity index (χ0v) is 17.3. The summed E-state index contributed by atoms with van der Waals surface area (Å²) in [5.41, 5.74) is 0.900. The van der Waals surface area contributed by atoms with E-state index < -0.39 is 15.4 Å². The first kappa shape index (κ1) is 22.2. The average Bonchev–Trinajstić information content (AvgIpc) is 2.51. The molecule has 2 amide bonds. The quantitative estimate of drug-likeness (QED) is 0.660. The molecule has 0 radical (unpaired) electrons. The second kappa shape index (κ2) is 9.78. The highest BCUT2D eigenvalue weighted by atomic mass is 32.2. The Balaban J connectivity index is 2.82. The van der Waals surface area contributed by atoms with Crippen LogP contribution in [0.15, 0.2) is 24.3 Å². The molecule has 8 heteroatoms. The van der Waals surface area contributed by atoms with E-state index in [1.54, 1.807) is 43.0 Å². The minimum Gasteiger partial charge on any atom is -0.382 e. The monoisotopic (exact) mass is 385 g/mol. The van der Waals surface area contributed by atoms with Crippen LogP contribution in [-0.2, 0) is 16.7 Å². The van der Waals surface area contributed by atoms with Crippen LogP contribution in [-0.4, -0.2) is 62.7 Å². The molecule has 26 heavy (non-hydrogen) atoms. The normalized spacial score (nSPS) is 11.9. The van der Waals surface area contributed by atoms with Gasteiger partial charge in [-0.3, -0.25) is 0 Å². The molecule has 0 aliphatic rings. The maximum absolute atomic E-state index is 12.4. The van der Waals surface area contributed by atoms with Crippen LogP contribution in [0.25, 0.3) is 0 Å². The lowest BCUT2D eigenvalue weighted by Gasteiger charge is -2.26. The van der Waals surface area contributed by atoms with Gasteiger partial charge in [-0.1, -0.05) is 12.1 Å². The summed E-state index contributed by atoms with van der Waals surface area (Å²) in [5, 5.41) is 2.30. The van der Waals surface area contributed by atoms with E-state index in [0.29, 0.717) is 13.1 Å². The Bertz CT molecular complexity index is 670. The van der Waals surface area contributed by atoms with Crippen molar-refractivity contribution in [1.82, 2.24) is 15.1 Å². The number of urea groups is 1. The third kappa shape index (κ3) is 7.61. The van der Waals surface area contributed by atoms with Gasteiger partial charge >= 0.3 is 16.1 Å². The molecular formula is C18H31N3O4S. The summed E-state index contributed by atoms with van der Waals surface area (Å²) in [6.45, 7) is 8.75. The lowest BCUT2D eigenvalue weighted by Crippen LogP contribution is -2.45. The van der Waals surface area contributed by atoms with Crippen LogP contribution in [0.2, 0.25) is 0 Å². The summed E-state index contributed by atoms with van der Waals surface area (Å²) in [4.78, 5) is 16.1. The zero-order chi connectivity index (χ0) is 19.9. The maximum Gasteiger partial charge on any atom is 0.317 e. The Morgan fingerprint density at radius 3 is 2.12 bits per heavy atom. The molecule has 0 saturated heterocycles. The Kier molecular flexibility index (Phi) is 8.36. The number of nitrogens with one attached hydrogen (secondary N) is 1. The van der Waals surface area contributed by atoms with Crippen LogP contribution in [0.1, 0.15) is 33.3 Å². The van der Waals surface area contributed by atoms with Crippen molar-refractivity contribution in [3.63, 3.8) is 0 Å². The highest BCUT2D eigenvalue weighted by Gasteiger charge is 2.18. The lowest BCUT2D eigenvalue weighted by molar-refractivity contribution is 0.186. The van der Waals surface area contributed by atoms with E-state index in [-0.39, 0.29) is 17.8 Å². The number of carbonyl (C=O) groups excluding carboxylic acids is 1. The molecule has 7 nitrogen and oxygen atoms in total. The fourth-order valence-electron chi connectivity index (χ4n) is 2.01. The van der Waals surface area contributed by atoms with Crippen molar-refractivity contribution >= 4 is 16.1 Å². The van der Waals surface area contributed by atoms with Gasteiger partial charge in [0.1, 0.15) is 5.75 Å². The molecule has 1 N–H and O–H groups in total. The van der Waals surface area contributed by atoms with Crippen molar-refractivity contribution < 1.29 is 17.4 Å². The molecule has 0 fully saturated rings. The molecule has 0 saturated carbocycles. The molecule has 0 aromatic heterocycles. The standard InChI is InChI=1S/C18H31N3O4S/c1-14(2)19-18(22)21(12-11-20(5)6)13-16-7-9-17(10-8-16)25-26(23,24)15(3)4/h7-10,14-15H,11-13H2,1-6H3,(H,19,22). The van der Waals surface area contributed by atoms with Crippen LogP contribution >= 0.6 is 0 Å². The van der Waals surface area contributed by atoms with Crippen LogP contribution in [0.3, 0.4) is 0 Å². The van der Waals surface area contributed by atoms with Crippen molar-refractivity contribution in [2.75, 3.05) is 27.2 Å². The molecule has 1 aromatic carbocycles. The average molecular weight is 386 g/mol. The molecular weight excluding hydrogens is 354 g/mol. The molecule has 0 atom stereocenters. The van der Waals surface area contributed by atoms with Crippen molar-refractivity contribution in [2.24, 2.45) is 0 Å². The summed E-state index contributed by atoms with van der Waals surface area (Å²) in [5.74, 6) is 0.272. The first-order chi connectivity index (χ1) is 12.0. The van der Waals surface area contributed by atoms with Gasteiger partial charge in [0, 0.05) is 25.7 Å². The first-order valence-electron chi connectivity index (χ1n) is 8.73. The van der Waals surface area contributed by atoms with Gasteiger partial charge in [0.15, 0.2) is 0 Å². The smallest absolute Gasteiger partial charge is 0.317 e. The van der Waals surface area contributed by atoms with Crippen LogP contribution in [0.4, 0.5) is 4.79 Å². The van der Waals surface area contributed by atoms with Gasteiger partial charge in [-0.25, -0.2) is 4.79 Å². The van der Waals surface area contributed by atoms with Crippen molar-refractivity contribution in [3.8, 4) is 5.75 Å². The zero-order valence-electron chi connectivity index (χ0n) is 16.5. The van der Waals surface area contributed by atoms with Gasteiger partial charge in [-0.05, 0) is 59.5 Å². The van der Waals surface area contributed by atoms with E-state index in [2.05, 4.69) is 5.32 Å². The van der Waals surface area contributed by atoms with Crippen molar-refractivity contribution in [3.05, 3.63) is 29.8 Å². The van der Waals surface area contributed by atoms with Crippen LogP contribution in [0, 0.1) is 0 Å². The molecule has 0 aliphatic carbocycles. The summed E-state index contributed by atoms with van der Waals surface area (Å²) in [6, 6.07) is 6.71. The lowest BCUT2D eigenvalue weighted by atomic mass is 10.2. The molecule has 0 bridgehead atoms. The Morgan fingerprint density at radius 2 is 1.65 bits per heavy atom. The van der Waals surface area contributed by atoms with E-state index in [1.807, 2.05) is 32.8 Å². The second-order valence-electron chi connectivity index (χ2n) is 7.10. The van der Waals surface area contributed by atoms with E-state index in [0.717, 1.165) is 12.1 Å². The van der Waals surface area contributed by atoms with Crippen LogP contribution < -0.4 is 9.50 Å². The molecule has 0 unspecified atom stereocenters. The number of carbonyl (C=O) groups is 1. The van der Waals surface area contributed by atoms with Gasteiger partial charge < -0.3 is 19.3 Å². The third-order valence-electron chi connectivity index (χ3n) is 3.60. The molecule has 0 aliphatic heterocycles. The summed E-state index contributed by atoms with van der Waals surface area (Å²) < 4.78 is 28.7. The van der Waals surface area contributed by atoms with Crippen molar-refractivity contribution in [2.45, 2.75) is 45.5 Å². The number of hydrogen-bond acceptors (Lipinski definition) is 5. The molecule has 1 rings (SSSR count). The number of likely N-dealkylation sites (N-methyl/N-ethyl adjacent to an activating group) is 1. The predicted molar refractivity (Wildman–Crippen MR) is 104 cm³/mol. The molecule has 1 aromatic rings. The summed E-state index contributed by atoms with van der Waals surface area (Å²) in [7, 11) is 0.304. The Labute approximate surface area is 157 Å². The maximum atomic E-state index is 12.4. The summed E-state index contributed by atoms with van der Waals surface area (Å²) in [6.07, 6.45) is 0. The number of nitrogens with zero attached hydrogens (tertiary/aromatic N) is 2. The molecule has 148 valence electrons. The summed E-state index contributed by atoms with van der Waals surface area (Å²) >= 11 is 0. The van der Waals surface area contributed by atoms with E-state index in [1.165, 1.54) is 0 Å². The largest absolute Gasteiger partial charge is 0.382 e. The minimum atomic E-state index is -3.61. The van der Waals surface area contributed by atoms with Gasteiger partial charge in [0.2, 0.25) is 0 Å². The predicted octanol–water partition coefficient (Wildman–Crippen LogP) is 2.29. The number of benzene rings is 1. The minimum absolute atomic E-state index is 0.0568. The fraction of sp³-hybridized carbons (Fsp3) is 0.611. The highest BCUT2D eigenvalue weighted by molar-refractivity contribution is 7.87. The van der Waals surface area contributed by atoms with Gasteiger partial charge in [-0.15, -0.1) is 0 Å². The van der Waals surface area contributed by atoms with E-state index in [4.69, 9.17) is 4.18 Å². The van der Waals surface area contributed by atoms with E-state index in [9.17, 15) is 13.2 Å². The highest BCUT2D eigenvalue weighted by Crippen LogP contribution is 2.17. The second-order valence-corrected chi connectivity index (χ2v) is 9.19. The molecule has 0 heterocycles. The van der Waals surface area contributed by atoms with Gasteiger partial charge in [0.25, 0.3) is 0 Å². The van der Waals surface area contributed by atoms with Gasteiger partial charge in [0.05, 0.1) is 5.25 Å². The Hall–Kier alpha value is -1.80. The van der Waals surface area contributed by atoms with E-state index >= 15 is 0 Å². The molecule has 0 spiro atoms. The first-order valence-corrected chi connectivity index (χ1v) is 10.2. The topological polar surface area (TPSA) is 79.0 Å². The van der Waals surface area contributed by atoms with Crippen LogP contribution in [0.5, 0.6) is 5.75 Å². The number of rotatable bonds is 9.